The molecule has 0 bridgehead atoms. The minimum absolute atomic E-state index is 0.0941. The fourth-order valence-electron chi connectivity index (χ4n) is 2.69. The Labute approximate surface area is 164 Å². The molecule has 0 fully saturated rings. The van der Waals surface area contributed by atoms with Crippen molar-refractivity contribution in [2.24, 2.45) is 5.92 Å². The van der Waals surface area contributed by atoms with E-state index in [-0.39, 0.29) is 17.8 Å². The van der Waals surface area contributed by atoms with Crippen molar-refractivity contribution in [3.05, 3.63) is 77.1 Å². The number of halogens is 2. The summed E-state index contributed by atoms with van der Waals surface area (Å²) in [5.41, 5.74) is 1.25. The molecular weight excluding hydrogens is 380 g/mol. The zero-order valence-electron chi connectivity index (χ0n) is 15.3. The molecule has 0 aliphatic carbocycles. The summed E-state index contributed by atoms with van der Waals surface area (Å²) in [6, 6.07) is 13.8. The number of carbonyl (C=O) groups excluding carboxylic acids is 2. The van der Waals surface area contributed by atoms with E-state index in [1.165, 1.54) is 10.7 Å². The quantitative estimate of drug-likeness (QED) is 0.511. The van der Waals surface area contributed by atoms with Crippen LogP contribution in [0.2, 0.25) is 0 Å². The Morgan fingerprint density at radius 1 is 1.17 bits per heavy atom. The Bertz CT molecular complexity index is 1110. The van der Waals surface area contributed by atoms with Crippen LogP contribution in [0.15, 0.2) is 48.5 Å². The molecule has 29 heavy (non-hydrogen) atoms. The summed E-state index contributed by atoms with van der Waals surface area (Å²) in [4.78, 5) is 25.0. The van der Waals surface area contributed by atoms with Crippen LogP contribution in [0.5, 0.6) is 0 Å². The molecule has 7 nitrogen and oxygen atoms in total. The minimum Gasteiger partial charge on any atom is -0.350 e. The van der Waals surface area contributed by atoms with Crippen molar-refractivity contribution in [3.63, 3.8) is 0 Å². The number of hydrogen-bond donors (Lipinski definition) is 1. The SMILES string of the molecule is Cc1c(C(=O)C(C#N)C(=O)NCc2ccc(F)c(F)c2)nnn1-c1ccccc1. The summed E-state index contributed by atoms with van der Waals surface area (Å²) in [5.74, 6) is -5.38. The van der Waals surface area contributed by atoms with Crippen molar-refractivity contribution in [1.82, 2.24) is 20.3 Å². The number of nitriles is 1. The van der Waals surface area contributed by atoms with Gasteiger partial charge in [0.15, 0.2) is 23.2 Å². The molecule has 1 atom stereocenters. The molecule has 146 valence electrons. The van der Waals surface area contributed by atoms with Gasteiger partial charge in [0.25, 0.3) is 0 Å². The Morgan fingerprint density at radius 2 is 1.90 bits per heavy atom. The van der Waals surface area contributed by atoms with Crippen molar-refractivity contribution in [2.75, 3.05) is 0 Å². The molecule has 1 unspecified atom stereocenters. The summed E-state index contributed by atoms with van der Waals surface area (Å²) in [6.07, 6.45) is 0. The maximum atomic E-state index is 13.3. The Balaban J connectivity index is 1.75. The maximum Gasteiger partial charge on any atom is 0.245 e. The largest absolute Gasteiger partial charge is 0.350 e. The monoisotopic (exact) mass is 395 g/mol. The van der Waals surface area contributed by atoms with Gasteiger partial charge in [0.05, 0.1) is 17.5 Å². The molecule has 1 heterocycles. The number of para-hydroxylation sites is 1. The molecule has 0 saturated carbocycles. The molecular formula is C20H15F2N5O2. The zero-order chi connectivity index (χ0) is 21.0. The van der Waals surface area contributed by atoms with Gasteiger partial charge in [-0.3, -0.25) is 9.59 Å². The molecule has 0 saturated heterocycles. The standard InChI is InChI=1S/C20H15F2N5O2/c1-12-18(25-26-27(12)14-5-3-2-4-6-14)19(28)15(10-23)20(29)24-11-13-7-8-16(21)17(22)9-13/h2-9,15H,11H2,1H3,(H,24,29). The Hall–Kier alpha value is -3.93. The summed E-state index contributed by atoms with van der Waals surface area (Å²) in [6.45, 7) is 1.44. The lowest BCUT2D eigenvalue weighted by molar-refractivity contribution is -0.122. The first-order valence-electron chi connectivity index (χ1n) is 8.55. The molecule has 3 rings (SSSR count). The van der Waals surface area contributed by atoms with Gasteiger partial charge < -0.3 is 5.32 Å². The van der Waals surface area contributed by atoms with E-state index in [2.05, 4.69) is 15.6 Å². The van der Waals surface area contributed by atoms with Crippen molar-refractivity contribution in [3.8, 4) is 11.8 Å². The van der Waals surface area contributed by atoms with E-state index >= 15 is 0 Å². The smallest absolute Gasteiger partial charge is 0.245 e. The zero-order valence-corrected chi connectivity index (χ0v) is 15.3. The Morgan fingerprint density at radius 3 is 2.55 bits per heavy atom. The summed E-state index contributed by atoms with van der Waals surface area (Å²) >= 11 is 0. The van der Waals surface area contributed by atoms with Crippen LogP contribution >= 0.6 is 0 Å². The van der Waals surface area contributed by atoms with Crippen molar-refractivity contribution < 1.29 is 18.4 Å². The number of nitrogens with zero attached hydrogens (tertiary/aromatic N) is 4. The minimum atomic E-state index is -1.65. The lowest BCUT2D eigenvalue weighted by atomic mass is 10.0. The van der Waals surface area contributed by atoms with Crippen LogP contribution in [0.25, 0.3) is 5.69 Å². The fourth-order valence-corrected chi connectivity index (χ4v) is 2.69. The third kappa shape index (κ3) is 4.16. The molecule has 1 aromatic heterocycles. The van der Waals surface area contributed by atoms with Gasteiger partial charge in [-0.2, -0.15) is 5.26 Å². The lowest BCUT2D eigenvalue weighted by Gasteiger charge is -2.09. The highest BCUT2D eigenvalue weighted by Gasteiger charge is 2.31. The molecule has 1 N–H and O–H groups in total. The molecule has 3 aromatic rings. The highest BCUT2D eigenvalue weighted by Crippen LogP contribution is 2.16. The van der Waals surface area contributed by atoms with E-state index in [4.69, 9.17) is 0 Å². The van der Waals surface area contributed by atoms with Crippen LogP contribution in [0.4, 0.5) is 8.78 Å². The molecule has 1 amide bonds. The number of nitrogens with one attached hydrogen (secondary N) is 1. The lowest BCUT2D eigenvalue weighted by Crippen LogP contribution is -2.34. The van der Waals surface area contributed by atoms with Crippen LogP contribution in [-0.2, 0) is 11.3 Å². The number of amides is 1. The van der Waals surface area contributed by atoms with E-state index in [1.807, 2.05) is 6.07 Å². The molecule has 0 aliphatic rings. The average molecular weight is 395 g/mol. The van der Waals surface area contributed by atoms with Gasteiger partial charge in [-0.25, -0.2) is 13.5 Å². The van der Waals surface area contributed by atoms with Gasteiger partial charge in [-0.05, 0) is 36.8 Å². The normalized spacial score (nSPS) is 11.5. The molecule has 0 aliphatic heterocycles. The van der Waals surface area contributed by atoms with Crippen LogP contribution in [0.3, 0.4) is 0 Å². The van der Waals surface area contributed by atoms with Gasteiger partial charge in [-0.1, -0.05) is 29.5 Å². The second kappa shape index (κ2) is 8.39. The van der Waals surface area contributed by atoms with Crippen LogP contribution in [-0.4, -0.2) is 26.7 Å². The van der Waals surface area contributed by atoms with Gasteiger partial charge >= 0.3 is 0 Å². The summed E-state index contributed by atoms with van der Waals surface area (Å²) in [7, 11) is 0. The predicted octanol–water partition coefficient (Wildman–Crippen LogP) is 2.49. The van der Waals surface area contributed by atoms with E-state index in [0.29, 0.717) is 11.4 Å². The third-order valence-electron chi connectivity index (χ3n) is 4.23. The number of aromatic nitrogens is 3. The highest BCUT2D eigenvalue weighted by molar-refractivity contribution is 6.11. The molecule has 2 aromatic carbocycles. The summed E-state index contributed by atoms with van der Waals surface area (Å²) in [5, 5.41) is 19.4. The van der Waals surface area contributed by atoms with Crippen LogP contribution in [0, 0.1) is 35.8 Å². The second-order valence-corrected chi connectivity index (χ2v) is 6.16. The number of ketones is 1. The van der Waals surface area contributed by atoms with Crippen molar-refractivity contribution >= 4 is 11.7 Å². The number of hydrogen-bond acceptors (Lipinski definition) is 5. The average Bonchev–Trinajstić information content (AvgIpc) is 3.11. The first kappa shape index (κ1) is 19.8. The van der Waals surface area contributed by atoms with E-state index in [1.54, 1.807) is 37.3 Å². The van der Waals surface area contributed by atoms with Gasteiger partial charge in [0.1, 0.15) is 0 Å². The number of Topliss-reactive ketones (excluding diaryl/α,β-unsaturated/α-hetero) is 1. The van der Waals surface area contributed by atoms with Gasteiger partial charge in [0, 0.05) is 6.54 Å². The maximum absolute atomic E-state index is 13.3. The van der Waals surface area contributed by atoms with Gasteiger partial charge in [0.2, 0.25) is 11.7 Å². The van der Waals surface area contributed by atoms with Crippen molar-refractivity contribution in [2.45, 2.75) is 13.5 Å². The van der Waals surface area contributed by atoms with Crippen LogP contribution < -0.4 is 5.32 Å². The van der Waals surface area contributed by atoms with Crippen molar-refractivity contribution in [1.29, 1.82) is 5.26 Å². The number of carbonyl (C=O) groups is 2. The van der Waals surface area contributed by atoms with E-state index < -0.39 is 29.2 Å². The number of benzene rings is 2. The summed E-state index contributed by atoms with van der Waals surface area (Å²) < 4.78 is 27.7. The Kier molecular flexibility index (Phi) is 5.74. The van der Waals surface area contributed by atoms with E-state index in [0.717, 1.165) is 12.1 Å². The van der Waals surface area contributed by atoms with Crippen LogP contribution in [0.1, 0.15) is 21.7 Å². The molecule has 0 spiro atoms. The second-order valence-electron chi connectivity index (χ2n) is 6.16. The topological polar surface area (TPSA) is 101 Å². The predicted molar refractivity (Wildman–Crippen MR) is 97.7 cm³/mol. The third-order valence-corrected chi connectivity index (χ3v) is 4.23. The molecule has 9 heteroatoms. The van der Waals surface area contributed by atoms with E-state index in [9.17, 15) is 23.6 Å². The van der Waals surface area contributed by atoms with Gasteiger partial charge in [-0.15, -0.1) is 5.10 Å². The first-order valence-corrected chi connectivity index (χ1v) is 8.55. The molecule has 0 radical (unpaired) electrons. The number of rotatable bonds is 6. The first-order chi connectivity index (χ1) is 13.9. The fraction of sp³-hybridized carbons (Fsp3) is 0.150. The highest BCUT2D eigenvalue weighted by atomic mass is 19.2.